The Morgan fingerprint density at radius 1 is 1.31 bits per heavy atom. The van der Waals surface area contributed by atoms with E-state index in [0.29, 0.717) is 47.6 Å². The van der Waals surface area contributed by atoms with Crippen molar-refractivity contribution in [2.75, 3.05) is 13.1 Å². The zero-order chi connectivity index (χ0) is 20.8. The normalized spacial score (nSPS) is 16.0. The first-order valence-corrected chi connectivity index (χ1v) is 9.59. The van der Waals surface area contributed by atoms with Crippen molar-refractivity contribution in [1.29, 1.82) is 0 Å². The van der Waals surface area contributed by atoms with Crippen LogP contribution in [0.1, 0.15) is 58.9 Å². The number of carbonyl (C=O) groups excluding carboxylic acids is 1. The van der Waals surface area contributed by atoms with Gasteiger partial charge in [-0.3, -0.25) is 4.79 Å². The molecular formula is C20H21F3N4O2. The summed E-state index contributed by atoms with van der Waals surface area (Å²) in [4.78, 5) is 21.6. The molecule has 0 aromatic carbocycles. The predicted molar refractivity (Wildman–Crippen MR) is 99.6 cm³/mol. The molecule has 0 unspecified atom stereocenters. The maximum absolute atomic E-state index is 12.9. The highest BCUT2D eigenvalue weighted by atomic mass is 19.4. The van der Waals surface area contributed by atoms with Gasteiger partial charge in [-0.2, -0.15) is 13.2 Å². The van der Waals surface area contributed by atoms with Crippen LogP contribution in [0.3, 0.4) is 0 Å². The standard InChI is InChI=1S/C20H21F3N4O2/c1-3-16-18(11(2)26-29-16)19(28)27-8-6-12(7-9-27)14-10-15-13(24-14)4-5-17(25-15)20(21,22)23/h4-5,10,12,24H,3,6-9H2,1-2H3. The van der Waals surface area contributed by atoms with Crippen LogP contribution in [0.4, 0.5) is 13.2 Å². The number of likely N-dealkylation sites (tertiary alicyclic amines) is 1. The molecule has 4 rings (SSSR count). The number of nitrogens with zero attached hydrogens (tertiary/aromatic N) is 3. The number of carbonyl (C=O) groups is 1. The molecule has 154 valence electrons. The van der Waals surface area contributed by atoms with E-state index in [4.69, 9.17) is 4.52 Å². The smallest absolute Gasteiger partial charge is 0.360 e. The van der Waals surface area contributed by atoms with E-state index in [0.717, 1.165) is 24.6 Å². The number of hydrogen-bond acceptors (Lipinski definition) is 4. The van der Waals surface area contributed by atoms with E-state index < -0.39 is 11.9 Å². The maximum Gasteiger partial charge on any atom is 0.433 e. The third-order valence-electron chi connectivity index (χ3n) is 5.48. The number of fused-ring (bicyclic) bond motifs is 1. The molecule has 6 nitrogen and oxygen atoms in total. The van der Waals surface area contributed by atoms with E-state index in [-0.39, 0.29) is 11.8 Å². The Bertz CT molecular complexity index is 1050. The highest BCUT2D eigenvalue weighted by Gasteiger charge is 2.33. The Morgan fingerprint density at radius 2 is 2.03 bits per heavy atom. The second kappa shape index (κ2) is 7.20. The Balaban J connectivity index is 1.48. The lowest BCUT2D eigenvalue weighted by Gasteiger charge is -2.31. The van der Waals surface area contributed by atoms with Crippen molar-refractivity contribution in [1.82, 2.24) is 20.0 Å². The monoisotopic (exact) mass is 406 g/mol. The predicted octanol–water partition coefficient (Wildman–Crippen LogP) is 4.46. The first-order chi connectivity index (χ1) is 13.8. The number of amides is 1. The molecule has 0 radical (unpaired) electrons. The fourth-order valence-corrected chi connectivity index (χ4v) is 3.89. The van der Waals surface area contributed by atoms with E-state index >= 15 is 0 Å². The summed E-state index contributed by atoms with van der Waals surface area (Å²) in [6.07, 6.45) is -2.43. The van der Waals surface area contributed by atoms with Crippen LogP contribution in [-0.2, 0) is 12.6 Å². The summed E-state index contributed by atoms with van der Waals surface area (Å²) in [6, 6.07) is 4.08. The summed E-state index contributed by atoms with van der Waals surface area (Å²) >= 11 is 0. The number of aryl methyl sites for hydroxylation is 2. The summed E-state index contributed by atoms with van der Waals surface area (Å²) < 4.78 is 43.8. The number of nitrogens with one attached hydrogen (secondary N) is 1. The van der Waals surface area contributed by atoms with Gasteiger partial charge in [-0.05, 0) is 38.0 Å². The fourth-order valence-electron chi connectivity index (χ4n) is 3.89. The minimum atomic E-state index is -4.46. The molecule has 3 aromatic heterocycles. The number of pyridine rings is 1. The number of piperidine rings is 1. The molecule has 9 heteroatoms. The number of alkyl halides is 3. The summed E-state index contributed by atoms with van der Waals surface area (Å²) in [5.41, 5.74) is 1.98. The first-order valence-electron chi connectivity index (χ1n) is 9.59. The number of hydrogen-bond donors (Lipinski definition) is 1. The van der Waals surface area contributed by atoms with Crippen LogP contribution < -0.4 is 0 Å². The van der Waals surface area contributed by atoms with Crippen LogP contribution >= 0.6 is 0 Å². The summed E-state index contributed by atoms with van der Waals surface area (Å²) in [5.74, 6) is 0.653. The maximum atomic E-state index is 12.9. The summed E-state index contributed by atoms with van der Waals surface area (Å²) in [7, 11) is 0. The van der Waals surface area contributed by atoms with Gasteiger partial charge >= 0.3 is 6.18 Å². The van der Waals surface area contributed by atoms with Crippen LogP contribution in [-0.4, -0.2) is 39.0 Å². The zero-order valence-corrected chi connectivity index (χ0v) is 16.1. The Hall–Kier alpha value is -2.84. The van der Waals surface area contributed by atoms with E-state index in [1.165, 1.54) is 6.07 Å². The topological polar surface area (TPSA) is 75.0 Å². The number of halogens is 3. The van der Waals surface area contributed by atoms with E-state index in [2.05, 4.69) is 15.1 Å². The Morgan fingerprint density at radius 3 is 2.69 bits per heavy atom. The molecule has 0 bridgehead atoms. The average Bonchev–Trinajstić information content (AvgIpc) is 3.29. The lowest BCUT2D eigenvalue weighted by molar-refractivity contribution is -0.140. The van der Waals surface area contributed by atoms with Crippen molar-refractivity contribution in [3.63, 3.8) is 0 Å². The number of aromatic amines is 1. The highest BCUT2D eigenvalue weighted by Crippen LogP contribution is 2.33. The van der Waals surface area contributed by atoms with Gasteiger partial charge in [0, 0.05) is 31.1 Å². The zero-order valence-electron chi connectivity index (χ0n) is 16.1. The number of rotatable bonds is 3. The molecule has 1 aliphatic rings. The van der Waals surface area contributed by atoms with Crippen molar-refractivity contribution in [3.8, 4) is 0 Å². The molecular weight excluding hydrogens is 385 g/mol. The van der Waals surface area contributed by atoms with Gasteiger partial charge in [0.1, 0.15) is 17.0 Å². The van der Waals surface area contributed by atoms with Gasteiger partial charge in [-0.25, -0.2) is 4.98 Å². The van der Waals surface area contributed by atoms with E-state index in [9.17, 15) is 18.0 Å². The van der Waals surface area contributed by atoms with E-state index in [1.807, 2.05) is 6.92 Å². The lowest BCUT2D eigenvalue weighted by atomic mass is 9.93. The molecule has 1 fully saturated rings. The van der Waals surface area contributed by atoms with E-state index in [1.54, 1.807) is 17.9 Å². The van der Waals surface area contributed by atoms with Gasteiger partial charge in [-0.1, -0.05) is 12.1 Å². The molecule has 1 saturated heterocycles. The van der Waals surface area contributed by atoms with Crippen molar-refractivity contribution < 1.29 is 22.5 Å². The molecule has 29 heavy (non-hydrogen) atoms. The van der Waals surface area contributed by atoms with Crippen LogP contribution in [0.25, 0.3) is 11.0 Å². The van der Waals surface area contributed by atoms with Gasteiger partial charge in [0.15, 0.2) is 0 Å². The third kappa shape index (κ3) is 3.61. The molecule has 0 spiro atoms. The SMILES string of the molecule is CCc1onc(C)c1C(=O)N1CCC(c2cc3nc(C(F)(F)F)ccc3[nH]2)CC1. The molecule has 3 aromatic rings. The van der Waals surface area contributed by atoms with Crippen molar-refractivity contribution in [2.24, 2.45) is 0 Å². The molecule has 0 aliphatic carbocycles. The summed E-state index contributed by atoms with van der Waals surface area (Å²) in [5, 5.41) is 3.90. The molecule has 1 N–H and O–H groups in total. The Kier molecular flexibility index (Phi) is 4.84. The van der Waals surface area contributed by atoms with Crippen LogP contribution in [0, 0.1) is 6.92 Å². The quantitative estimate of drug-likeness (QED) is 0.697. The minimum Gasteiger partial charge on any atom is -0.360 e. The molecule has 1 aliphatic heterocycles. The lowest BCUT2D eigenvalue weighted by Crippen LogP contribution is -2.38. The molecule has 0 saturated carbocycles. The molecule has 0 atom stereocenters. The van der Waals surface area contributed by atoms with Gasteiger partial charge in [0.05, 0.1) is 16.7 Å². The minimum absolute atomic E-state index is 0.0767. The number of H-pyrrole nitrogens is 1. The van der Waals surface area contributed by atoms with Crippen molar-refractivity contribution in [2.45, 2.75) is 45.2 Å². The van der Waals surface area contributed by atoms with Gasteiger partial charge in [0.25, 0.3) is 5.91 Å². The van der Waals surface area contributed by atoms with Crippen molar-refractivity contribution in [3.05, 3.63) is 46.6 Å². The highest BCUT2D eigenvalue weighted by molar-refractivity contribution is 5.96. The van der Waals surface area contributed by atoms with Gasteiger partial charge < -0.3 is 14.4 Å². The van der Waals surface area contributed by atoms with Gasteiger partial charge in [0.2, 0.25) is 0 Å². The second-order valence-corrected chi connectivity index (χ2v) is 7.34. The average molecular weight is 406 g/mol. The number of aromatic nitrogens is 3. The second-order valence-electron chi connectivity index (χ2n) is 7.34. The first kappa shape index (κ1) is 19.5. The summed E-state index contributed by atoms with van der Waals surface area (Å²) in [6.45, 7) is 4.80. The van der Waals surface area contributed by atoms with Crippen molar-refractivity contribution >= 4 is 16.9 Å². The van der Waals surface area contributed by atoms with Crippen LogP contribution in [0.5, 0.6) is 0 Å². The Labute approximate surface area is 165 Å². The fraction of sp³-hybridized carbons (Fsp3) is 0.450. The van der Waals surface area contributed by atoms with Crippen LogP contribution in [0.15, 0.2) is 22.7 Å². The molecule has 1 amide bonds. The largest absolute Gasteiger partial charge is 0.433 e. The van der Waals surface area contributed by atoms with Gasteiger partial charge in [-0.15, -0.1) is 0 Å². The van der Waals surface area contributed by atoms with Crippen LogP contribution in [0.2, 0.25) is 0 Å². The third-order valence-corrected chi connectivity index (χ3v) is 5.48. The molecule has 4 heterocycles.